The van der Waals surface area contributed by atoms with Crippen LogP contribution in [0.5, 0.6) is 5.75 Å². The Morgan fingerprint density at radius 2 is 1.90 bits per heavy atom. The van der Waals surface area contributed by atoms with E-state index in [0.29, 0.717) is 5.75 Å². The number of halogens is 2. The molecule has 0 radical (unpaired) electrons. The van der Waals surface area contributed by atoms with Crippen LogP contribution in [0.25, 0.3) is 0 Å². The van der Waals surface area contributed by atoms with Gasteiger partial charge in [0.25, 0.3) is 0 Å². The summed E-state index contributed by atoms with van der Waals surface area (Å²) in [5.74, 6) is 0.309. The highest BCUT2D eigenvalue weighted by molar-refractivity contribution is 9.11. The van der Waals surface area contributed by atoms with Crippen LogP contribution in [0.3, 0.4) is 0 Å². The summed E-state index contributed by atoms with van der Waals surface area (Å²) in [5, 5.41) is 9.26. The Kier molecular flexibility index (Phi) is 2.36. The van der Waals surface area contributed by atoms with Crippen molar-refractivity contribution >= 4 is 31.9 Å². The second-order valence-corrected chi connectivity index (χ2v) is 3.82. The molecule has 0 spiro atoms. The number of aromatic hydroxyl groups is 1. The van der Waals surface area contributed by atoms with Gasteiger partial charge in [-0.1, -0.05) is 15.9 Å². The van der Waals surface area contributed by atoms with Gasteiger partial charge in [0.1, 0.15) is 5.75 Å². The minimum absolute atomic E-state index is 0.309. The molecule has 1 aromatic rings. The lowest BCUT2D eigenvalue weighted by atomic mass is 10.2. The minimum atomic E-state index is 0.309. The quantitative estimate of drug-likeness (QED) is 0.764. The van der Waals surface area contributed by atoms with Gasteiger partial charge in [0.15, 0.2) is 0 Å². The number of hydrogen-bond acceptors (Lipinski definition) is 1. The normalized spacial score (nSPS) is 9.90. The summed E-state index contributed by atoms with van der Waals surface area (Å²) in [5.41, 5.74) is 0.862. The van der Waals surface area contributed by atoms with Gasteiger partial charge in [0.05, 0.1) is 4.47 Å². The van der Waals surface area contributed by atoms with E-state index in [1.54, 1.807) is 0 Å². The molecule has 1 aromatic carbocycles. The molecule has 0 heterocycles. The zero-order valence-corrected chi connectivity index (χ0v) is 8.53. The van der Waals surface area contributed by atoms with Crippen LogP contribution in [0.1, 0.15) is 5.56 Å². The third kappa shape index (κ3) is 1.52. The van der Waals surface area contributed by atoms with Crippen molar-refractivity contribution < 1.29 is 5.11 Å². The van der Waals surface area contributed by atoms with Crippen LogP contribution in [-0.2, 0) is 0 Å². The predicted octanol–water partition coefficient (Wildman–Crippen LogP) is 3.23. The van der Waals surface area contributed by atoms with Crippen LogP contribution in [0.2, 0.25) is 0 Å². The molecule has 0 aliphatic heterocycles. The first kappa shape index (κ1) is 8.08. The van der Waals surface area contributed by atoms with Gasteiger partial charge in [-0.15, -0.1) is 0 Å². The molecule has 0 saturated carbocycles. The summed E-state index contributed by atoms with van der Waals surface area (Å²) in [4.78, 5) is 0. The molecule has 1 nitrogen and oxygen atoms in total. The van der Waals surface area contributed by atoms with Crippen molar-refractivity contribution in [2.45, 2.75) is 6.92 Å². The van der Waals surface area contributed by atoms with Gasteiger partial charge in [0, 0.05) is 4.47 Å². The molecule has 0 aromatic heterocycles. The Labute approximate surface area is 76.3 Å². The predicted molar refractivity (Wildman–Crippen MR) is 48.2 cm³/mol. The Hall–Kier alpha value is -0.0200. The summed E-state index contributed by atoms with van der Waals surface area (Å²) in [6, 6.07) is 3.67. The zero-order chi connectivity index (χ0) is 7.72. The number of rotatable bonds is 0. The average Bonchev–Trinajstić information content (AvgIpc) is 1.82. The molecule has 0 aliphatic rings. The molecular weight excluding hydrogens is 260 g/mol. The molecule has 0 atom stereocenters. The lowest BCUT2D eigenvalue weighted by Gasteiger charge is -2.00. The number of hydrogen-bond donors (Lipinski definition) is 1. The molecule has 10 heavy (non-hydrogen) atoms. The van der Waals surface area contributed by atoms with Crippen molar-refractivity contribution in [2.24, 2.45) is 0 Å². The maximum atomic E-state index is 9.26. The second-order valence-electron chi connectivity index (χ2n) is 2.05. The molecule has 0 bridgehead atoms. The summed E-state index contributed by atoms with van der Waals surface area (Å²) in [6.45, 7) is 1.85. The first-order chi connectivity index (χ1) is 4.61. The fourth-order valence-electron chi connectivity index (χ4n) is 0.695. The topological polar surface area (TPSA) is 20.2 Å². The highest BCUT2D eigenvalue weighted by Crippen LogP contribution is 2.30. The van der Waals surface area contributed by atoms with Gasteiger partial charge >= 0.3 is 0 Å². The molecule has 0 saturated heterocycles. The zero-order valence-electron chi connectivity index (χ0n) is 5.36. The maximum Gasteiger partial charge on any atom is 0.132 e. The number of phenolic OH excluding ortho intramolecular Hbond substituents is 1. The maximum absolute atomic E-state index is 9.26. The fourth-order valence-corrected chi connectivity index (χ4v) is 2.13. The Balaban J connectivity index is 3.31. The van der Waals surface area contributed by atoms with Crippen LogP contribution in [0.4, 0.5) is 0 Å². The molecule has 1 N–H and O–H groups in total. The van der Waals surface area contributed by atoms with Crippen molar-refractivity contribution in [3.05, 3.63) is 26.6 Å². The first-order valence-electron chi connectivity index (χ1n) is 2.76. The van der Waals surface area contributed by atoms with E-state index < -0.39 is 0 Å². The summed E-state index contributed by atoms with van der Waals surface area (Å²) in [7, 11) is 0. The Morgan fingerprint density at radius 1 is 1.30 bits per heavy atom. The van der Waals surface area contributed by atoms with E-state index >= 15 is 0 Å². The summed E-state index contributed by atoms with van der Waals surface area (Å²) >= 11 is 6.52. The molecular formula is C7H6Br2O. The van der Waals surface area contributed by atoms with E-state index in [1.807, 2.05) is 19.1 Å². The van der Waals surface area contributed by atoms with Crippen molar-refractivity contribution in [3.63, 3.8) is 0 Å². The van der Waals surface area contributed by atoms with Crippen LogP contribution < -0.4 is 0 Å². The van der Waals surface area contributed by atoms with E-state index in [1.165, 1.54) is 0 Å². The lowest BCUT2D eigenvalue weighted by molar-refractivity contribution is 0.467. The highest BCUT2D eigenvalue weighted by Gasteiger charge is 2.01. The smallest absolute Gasteiger partial charge is 0.132 e. The molecule has 0 amide bonds. The van der Waals surface area contributed by atoms with Crippen molar-refractivity contribution in [1.29, 1.82) is 0 Å². The van der Waals surface area contributed by atoms with Gasteiger partial charge in [-0.05, 0) is 40.5 Å². The Morgan fingerprint density at radius 3 is 2.40 bits per heavy atom. The summed E-state index contributed by atoms with van der Waals surface area (Å²) in [6.07, 6.45) is 0. The monoisotopic (exact) mass is 264 g/mol. The second kappa shape index (κ2) is 2.93. The van der Waals surface area contributed by atoms with Crippen LogP contribution in [-0.4, -0.2) is 5.11 Å². The van der Waals surface area contributed by atoms with Gasteiger partial charge < -0.3 is 5.11 Å². The van der Waals surface area contributed by atoms with Crippen LogP contribution in [0.15, 0.2) is 21.1 Å². The van der Waals surface area contributed by atoms with Crippen LogP contribution in [0, 0.1) is 6.92 Å². The van der Waals surface area contributed by atoms with Gasteiger partial charge in [-0.25, -0.2) is 0 Å². The number of benzene rings is 1. The van der Waals surface area contributed by atoms with E-state index in [2.05, 4.69) is 31.9 Å². The van der Waals surface area contributed by atoms with Gasteiger partial charge in [-0.3, -0.25) is 0 Å². The third-order valence-electron chi connectivity index (χ3n) is 1.22. The molecule has 3 heteroatoms. The Bertz CT molecular complexity index is 235. The fraction of sp³-hybridized carbons (Fsp3) is 0.143. The van der Waals surface area contributed by atoms with E-state index in [-0.39, 0.29) is 0 Å². The third-order valence-corrected chi connectivity index (χ3v) is 2.28. The first-order valence-corrected chi connectivity index (χ1v) is 4.34. The lowest BCUT2D eigenvalue weighted by Crippen LogP contribution is -1.76. The molecule has 54 valence electrons. The number of phenols is 1. The SMILES string of the molecule is Cc1cc(Br)cc(Br)c1O. The van der Waals surface area contributed by atoms with Crippen molar-refractivity contribution in [3.8, 4) is 5.75 Å². The molecule has 0 aliphatic carbocycles. The van der Waals surface area contributed by atoms with Gasteiger partial charge in [0.2, 0.25) is 0 Å². The standard InChI is InChI=1S/C7H6Br2O/c1-4-2-5(8)3-6(9)7(4)10/h2-3,10H,1H3. The van der Waals surface area contributed by atoms with E-state index in [9.17, 15) is 5.11 Å². The number of aryl methyl sites for hydroxylation is 1. The minimum Gasteiger partial charge on any atom is -0.506 e. The average molecular weight is 266 g/mol. The van der Waals surface area contributed by atoms with E-state index in [4.69, 9.17) is 0 Å². The largest absolute Gasteiger partial charge is 0.506 e. The van der Waals surface area contributed by atoms with E-state index in [0.717, 1.165) is 14.5 Å². The summed E-state index contributed by atoms with van der Waals surface area (Å²) < 4.78 is 1.69. The highest BCUT2D eigenvalue weighted by atomic mass is 79.9. The molecule has 0 unspecified atom stereocenters. The molecule has 0 fully saturated rings. The van der Waals surface area contributed by atoms with Crippen molar-refractivity contribution in [1.82, 2.24) is 0 Å². The van der Waals surface area contributed by atoms with Crippen molar-refractivity contribution in [2.75, 3.05) is 0 Å². The van der Waals surface area contributed by atoms with Gasteiger partial charge in [-0.2, -0.15) is 0 Å². The molecule has 1 rings (SSSR count). The van der Waals surface area contributed by atoms with Crippen LogP contribution >= 0.6 is 31.9 Å².